The van der Waals surface area contributed by atoms with Gasteiger partial charge in [0.1, 0.15) is 5.82 Å². The van der Waals surface area contributed by atoms with E-state index in [4.69, 9.17) is 4.98 Å². The minimum absolute atomic E-state index is 0.0599. The minimum atomic E-state index is -3.77. The Morgan fingerprint density at radius 2 is 1.84 bits per heavy atom. The van der Waals surface area contributed by atoms with E-state index in [0.717, 1.165) is 34.1 Å². The van der Waals surface area contributed by atoms with Crippen LogP contribution in [0.5, 0.6) is 0 Å². The maximum atomic E-state index is 14.5. The Labute approximate surface area is 191 Å². The number of rotatable bonds is 6. The van der Waals surface area contributed by atoms with Crippen molar-refractivity contribution >= 4 is 37.5 Å². The second-order valence-corrected chi connectivity index (χ2v) is 10.8. The van der Waals surface area contributed by atoms with E-state index in [2.05, 4.69) is 6.07 Å². The molecule has 1 aromatic heterocycles. The van der Waals surface area contributed by atoms with E-state index in [1.807, 2.05) is 18.2 Å². The molecule has 170 valence electrons. The molecule has 2 heterocycles. The first kappa shape index (κ1) is 22.8. The van der Waals surface area contributed by atoms with Crippen LogP contribution in [0.25, 0.3) is 10.2 Å². The third-order valence-corrected chi connectivity index (χ3v) is 9.20. The number of halogens is 1. The second-order valence-electron chi connectivity index (χ2n) is 7.82. The highest BCUT2D eigenvalue weighted by Gasteiger charge is 2.29. The average Bonchev–Trinajstić information content (AvgIpc) is 3.24. The van der Waals surface area contributed by atoms with Crippen molar-refractivity contribution in [2.24, 2.45) is 0 Å². The molecule has 1 aliphatic heterocycles. The molecule has 1 saturated heterocycles. The molecule has 0 aliphatic carbocycles. The summed E-state index contributed by atoms with van der Waals surface area (Å²) in [5.41, 5.74) is 0.788. The molecule has 3 aromatic rings. The molecule has 32 heavy (non-hydrogen) atoms. The lowest BCUT2D eigenvalue weighted by atomic mass is 9.97. The Balaban J connectivity index is 1.50. The highest BCUT2D eigenvalue weighted by Crippen LogP contribution is 2.34. The molecule has 0 saturated carbocycles. The van der Waals surface area contributed by atoms with Crippen molar-refractivity contribution in [3.05, 3.63) is 58.9 Å². The third-order valence-electron chi connectivity index (χ3n) is 5.95. The van der Waals surface area contributed by atoms with Crippen LogP contribution in [0.3, 0.4) is 0 Å². The number of sulfonamides is 1. The van der Waals surface area contributed by atoms with Crippen molar-refractivity contribution in [2.45, 2.75) is 37.5 Å². The van der Waals surface area contributed by atoms with Gasteiger partial charge in [-0.25, -0.2) is 17.8 Å². The largest absolute Gasteiger partial charge is 0.339 e. The lowest BCUT2D eigenvalue weighted by Gasteiger charge is -2.31. The van der Waals surface area contributed by atoms with E-state index < -0.39 is 21.7 Å². The number of hydrogen-bond donors (Lipinski definition) is 0. The normalized spacial score (nSPS) is 15.6. The lowest BCUT2D eigenvalue weighted by molar-refractivity contribution is 0.0708. The Bertz CT molecular complexity index is 1200. The molecule has 0 bridgehead atoms. The van der Waals surface area contributed by atoms with Crippen LogP contribution in [0.15, 0.2) is 47.4 Å². The van der Waals surface area contributed by atoms with Crippen LogP contribution >= 0.6 is 11.3 Å². The lowest BCUT2D eigenvalue weighted by Crippen LogP contribution is -2.38. The van der Waals surface area contributed by atoms with Crippen LogP contribution < -0.4 is 0 Å². The number of piperidine rings is 1. The van der Waals surface area contributed by atoms with Crippen molar-refractivity contribution in [1.82, 2.24) is 14.2 Å². The fourth-order valence-electron chi connectivity index (χ4n) is 4.11. The number of carbonyl (C=O) groups is 1. The predicted octanol–water partition coefficient (Wildman–Crippen LogP) is 4.49. The number of likely N-dealkylation sites (tertiary alicyclic amines) is 1. The topological polar surface area (TPSA) is 70.6 Å². The van der Waals surface area contributed by atoms with Gasteiger partial charge in [0.15, 0.2) is 0 Å². The number of aromatic nitrogens is 1. The first-order valence-electron chi connectivity index (χ1n) is 10.8. The quantitative estimate of drug-likeness (QED) is 0.527. The summed E-state index contributed by atoms with van der Waals surface area (Å²) >= 11 is 1.68. The summed E-state index contributed by atoms with van der Waals surface area (Å²) in [6.45, 7) is 5.05. The van der Waals surface area contributed by atoms with E-state index in [-0.39, 0.29) is 16.4 Å². The Morgan fingerprint density at radius 3 is 2.50 bits per heavy atom. The molecule has 0 atom stereocenters. The van der Waals surface area contributed by atoms with E-state index in [1.54, 1.807) is 30.1 Å². The summed E-state index contributed by atoms with van der Waals surface area (Å²) in [5.74, 6) is -0.917. The number of fused-ring (bicyclic) bond motifs is 1. The number of thiazole rings is 1. The van der Waals surface area contributed by atoms with Gasteiger partial charge in [0.2, 0.25) is 10.0 Å². The zero-order valence-corrected chi connectivity index (χ0v) is 19.8. The molecular weight excluding hydrogens is 449 g/mol. The van der Waals surface area contributed by atoms with Gasteiger partial charge in [0, 0.05) is 32.1 Å². The molecule has 9 heteroatoms. The molecule has 1 fully saturated rings. The fraction of sp³-hybridized carbons (Fsp3) is 0.391. The van der Waals surface area contributed by atoms with Crippen LogP contribution in [-0.4, -0.2) is 54.7 Å². The molecule has 0 radical (unpaired) electrons. The number of para-hydroxylation sites is 1. The monoisotopic (exact) mass is 475 g/mol. The Hall–Kier alpha value is -2.36. The van der Waals surface area contributed by atoms with Crippen LogP contribution in [0.4, 0.5) is 4.39 Å². The Morgan fingerprint density at radius 1 is 1.16 bits per heavy atom. The van der Waals surface area contributed by atoms with Crippen molar-refractivity contribution < 1.29 is 17.6 Å². The number of nitrogens with zero attached hydrogens (tertiary/aromatic N) is 3. The maximum Gasteiger partial charge on any atom is 0.256 e. The minimum Gasteiger partial charge on any atom is -0.339 e. The molecule has 0 N–H and O–H groups in total. The van der Waals surface area contributed by atoms with Crippen LogP contribution in [-0.2, 0) is 10.0 Å². The van der Waals surface area contributed by atoms with Gasteiger partial charge in [-0.15, -0.1) is 11.3 Å². The van der Waals surface area contributed by atoms with E-state index in [0.29, 0.717) is 26.2 Å². The summed E-state index contributed by atoms with van der Waals surface area (Å²) in [4.78, 5) is 19.3. The van der Waals surface area contributed by atoms with Crippen LogP contribution in [0.1, 0.15) is 48.0 Å². The van der Waals surface area contributed by atoms with Crippen molar-refractivity contribution in [2.75, 3.05) is 26.2 Å². The molecule has 1 aliphatic rings. The molecular formula is C23H26FN3O3S2. The van der Waals surface area contributed by atoms with Gasteiger partial charge in [-0.05, 0) is 43.2 Å². The van der Waals surface area contributed by atoms with Gasteiger partial charge in [-0.2, -0.15) is 4.31 Å². The van der Waals surface area contributed by atoms with Crippen LogP contribution in [0, 0.1) is 5.82 Å². The van der Waals surface area contributed by atoms with Crippen molar-refractivity contribution in [1.29, 1.82) is 0 Å². The zero-order chi connectivity index (χ0) is 22.9. The summed E-state index contributed by atoms with van der Waals surface area (Å²) in [7, 11) is -3.77. The van der Waals surface area contributed by atoms with E-state index >= 15 is 0 Å². The van der Waals surface area contributed by atoms with E-state index in [9.17, 15) is 17.6 Å². The van der Waals surface area contributed by atoms with Crippen molar-refractivity contribution in [3.8, 4) is 0 Å². The molecule has 6 nitrogen and oxygen atoms in total. The first-order chi connectivity index (χ1) is 15.3. The summed E-state index contributed by atoms with van der Waals surface area (Å²) < 4.78 is 42.6. The van der Waals surface area contributed by atoms with Gasteiger partial charge < -0.3 is 4.90 Å². The molecule has 1 amide bonds. The first-order valence-corrected chi connectivity index (χ1v) is 13.0. The highest BCUT2D eigenvalue weighted by molar-refractivity contribution is 7.89. The van der Waals surface area contributed by atoms with Crippen LogP contribution in [0.2, 0.25) is 0 Å². The predicted molar refractivity (Wildman–Crippen MR) is 124 cm³/mol. The summed E-state index contributed by atoms with van der Waals surface area (Å²) in [6, 6.07) is 11.5. The molecule has 0 unspecified atom stereocenters. The summed E-state index contributed by atoms with van der Waals surface area (Å²) in [6.07, 6.45) is 1.48. The number of hydrogen-bond acceptors (Lipinski definition) is 5. The van der Waals surface area contributed by atoms with Gasteiger partial charge >= 0.3 is 0 Å². The average molecular weight is 476 g/mol. The SMILES string of the molecule is CCN(CC)S(=O)(=O)c1ccc(F)c(C(=O)N2CCC(c3nc4ccccc4s3)CC2)c1. The fourth-order valence-corrected chi connectivity index (χ4v) is 6.73. The number of carbonyl (C=O) groups excluding carboxylic acids is 1. The number of benzene rings is 2. The molecule has 4 rings (SSSR count). The number of amides is 1. The maximum absolute atomic E-state index is 14.5. The smallest absolute Gasteiger partial charge is 0.256 e. The third kappa shape index (κ3) is 4.29. The van der Waals surface area contributed by atoms with Gasteiger partial charge in [-0.3, -0.25) is 4.79 Å². The highest BCUT2D eigenvalue weighted by atomic mass is 32.2. The molecule has 0 spiro atoms. The van der Waals surface area contributed by atoms with E-state index in [1.165, 1.54) is 16.4 Å². The van der Waals surface area contributed by atoms with Crippen molar-refractivity contribution in [3.63, 3.8) is 0 Å². The standard InChI is InChI=1S/C23H26FN3O3S2/c1-3-27(4-2)32(29,30)17-9-10-19(24)18(15-17)23(28)26-13-11-16(12-14-26)22-25-20-7-5-6-8-21(20)31-22/h5-10,15-16H,3-4,11-14H2,1-2H3. The molecule has 2 aromatic carbocycles. The summed E-state index contributed by atoms with van der Waals surface area (Å²) in [5, 5.41) is 1.07. The van der Waals surface area contributed by atoms with Gasteiger partial charge in [0.05, 0.1) is 25.7 Å². The second kappa shape index (κ2) is 9.25. The Kier molecular flexibility index (Phi) is 6.60. The zero-order valence-electron chi connectivity index (χ0n) is 18.1. The van der Waals surface area contributed by atoms with Gasteiger partial charge in [-0.1, -0.05) is 26.0 Å². The van der Waals surface area contributed by atoms with Gasteiger partial charge in [0.25, 0.3) is 5.91 Å².